The van der Waals surface area contributed by atoms with Crippen LogP contribution in [0.5, 0.6) is 0 Å². The summed E-state index contributed by atoms with van der Waals surface area (Å²) < 4.78 is 0. The zero-order valence-corrected chi connectivity index (χ0v) is 12.3. The minimum Gasteiger partial charge on any atom is -0.325 e. The number of nitriles is 1. The van der Waals surface area contributed by atoms with Crippen molar-refractivity contribution >= 4 is 23.4 Å². The van der Waals surface area contributed by atoms with E-state index in [2.05, 4.69) is 18.3 Å². The van der Waals surface area contributed by atoms with Gasteiger partial charge < -0.3 is 5.32 Å². The molecule has 3 nitrogen and oxygen atoms in total. The van der Waals surface area contributed by atoms with Crippen LogP contribution < -0.4 is 5.32 Å². The summed E-state index contributed by atoms with van der Waals surface area (Å²) in [4.78, 5) is 11.9. The van der Waals surface area contributed by atoms with E-state index >= 15 is 0 Å². The number of hydrogen-bond donors (Lipinski definition) is 1. The number of thioether (sulfide) groups is 1. The molecule has 1 amide bonds. The molecule has 1 N–H and O–H groups in total. The van der Waals surface area contributed by atoms with Gasteiger partial charge in [0.15, 0.2) is 0 Å². The molecule has 0 saturated carbocycles. The number of hydrogen-bond acceptors (Lipinski definition) is 3. The van der Waals surface area contributed by atoms with Crippen LogP contribution in [-0.2, 0) is 11.2 Å². The third kappa shape index (κ3) is 5.80. The highest BCUT2D eigenvalue weighted by Gasteiger charge is 2.12. The van der Waals surface area contributed by atoms with E-state index in [0.717, 1.165) is 24.3 Å². The second-order valence-electron chi connectivity index (χ2n) is 4.31. The van der Waals surface area contributed by atoms with Gasteiger partial charge in [-0.2, -0.15) is 5.26 Å². The fourth-order valence-electron chi connectivity index (χ4n) is 1.55. The Kier molecular flexibility index (Phi) is 7.06. The molecule has 1 aromatic rings. The lowest BCUT2D eigenvalue weighted by atomic mass is 10.1. The van der Waals surface area contributed by atoms with Gasteiger partial charge in [0.25, 0.3) is 0 Å². The first-order valence-corrected chi connectivity index (χ1v) is 7.60. The third-order valence-corrected chi connectivity index (χ3v) is 4.04. The van der Waals surface area contributed by atoms with E-state index in [-0.39, 0.29) is 11.2 Å². The number of rotatable bonds is 7. The summed E-state index contributed by atoms with van der Waals surface area (Å²) in [6.07, 6.45) is 2.39. The van der Waals surface area contributed by atoms with Crippen LogP contribution in [0, 0.1) is 11.3 Å². The lowest BCUT2D eigenvalue weighted by molar-refractivity contribution is -0.115. The molecule has 19 heavy (non-hydrogen) atoms. The summed E-state index contributed by atoms with van der Waals surface area (Å²) in [6.45, 7) is 4.00. The van der Waals surface area contributed by atoms with Gasteiger partial charge in [-0.3, -0.25) is 4.79 Å². The number of nitrogens with zero attached hydrogens (tertiary/aromatic N) is 1. The molecule has 1 unspecified atom stereocenters. The molecule has 0 spiro atoms. The maximum Gasteiger partial charge on any atom is 0.237 e. The topological polar surface area (TPSA) is 52.9 Å². The Morgan fingerprint density at radius 3 is 2.68 bits per heavy atom. The third-order valence-electron chi connectivity index (χ3n) is 2.80. The number of carbonyl (C=O) groups excluding carboxylic acids is 1. The molecule has 1 rings (SSSR count). The van der Waals surface area contributed by atoms with Gasteiger partial charge in [0.1, 0.15) is 0 Å². The predicted octanol–water partition coefficient (Wildman–Crippen LogP) is 3.61. The Morgan fingerprint density at radius 1 is 1.42 bits per heavy atom. The van der Waals surface area contributed by atoms with Crippen molar-refractivity contribution < 1.29 is 4.79 Å². The van der Waals surface area contributed by atoms with Gasteiger partial charge in [0.05, 0.1) is 11.3 Å². The van der Waals surface area contributed by atoms with Crippen molar-refractivity contribution in [3.63, 3.8) is 0 Å². The van der Waals surface area contributed by atoms with Gasteiger partial charge in [0, 0.05) is 12.1 Å². The fourth-order valence-corrected chi connectivity index (χ4v) is 2.43. The quantitative estimate of drug-likeness (QED) is 0.774. The van der Waals surface area contributed by atoms with Crippen LogP contribution in [0.2, 0.25) is 0 Å². The molecule has 0 radical (unpaired) electrons. The van der Waals surface area contributed by atoms with E-state index in [4.69, 9.17) is 5.26 Å². The summed E-state index contributed by atoms with van der Waals surface area (Å²) in [5, 5.41) is 11.3. The van der Waals surface area contributed by atoms with Crippen LogP contribution in [0.4, 0.5) is 5.69 Å². The Morgan fingerprint density at radius 2 is 2.11 bits per heavy atom. The Bertz CT molecular complexity index is 436. The Hall–Kier alpha value is -1.47. The van der Waals surface area contributed by atoms with Gasteiger partial charge in [-0.05, 0) is 43.2 Å². The van der Waals surface area contributed by atoms with Gasteiger partial charge in [0.2, 0.25) is 5.91 Å². The van der Waals surface area contributed by atoms with E-state index in [0.29, 0.717) is 6.42 Å². The highest BCUT2D eigenvalue weighted by atomic mass is 32.2. The average Bonchev–Trinajstić information content (AvgIpc) is 2.44. The number of anilines is 1. The summed E-state index contributed by atoms with van der Waals surface area (Å²) in [5.41, 5.74) is 2.10. The fraction of sp³-hybridized carbons (Fsp3) is 0.467. The first-order chi connectivity index (χ1) is 9.17. The summed E-state index contributed by atoms with van der Waals surface area (Å²) in [7, 11) is 0. The van der Waals surface area contributed by atoms with E-state index in [1.54, 1.807) is 11.8 Å². The highest BCUT2D eigenvalue weighted by Crippen LogP contribution is 2.16. The molecule has 0 heterocycles. The highest BCUT2D eigenvalue weighted by molar-refractivity contribution is 8.00. The summed E-state index contributed by atoms with van der Waals surface area (Å²) >= 11 is 1.59. The number of aryl methyl sites for hydroxylation is 1. The van der Waals surface area contributed by atoms with Crippen molar-refractivity contribution in [2.24, 2.45) is 0 Å². The SMILES string of the molecule is CCc1ccc(NC(=O)C(C)SCCCC#N)cc1. The summed E-state index contributed by atoms with van der Waals surface area (Å²) in [5.74, 6) is 0.864. The van der Waals surface area contributed by atoms with Crippen molar-refractivity contribution in [3.05, 3.63) is 29.8 Å². The van der Waals surface area contributed by atoms with E-state index in [1.807, 2.05) is 31.2 Å². The Labute approximate surface area is 119 Å². The van der Waals surface area contributed by atoms with Crippen LogP contribution in [0.25, 0.3) is 0 Å². The maximum absolute atomic E-state index is 11.9. The number of carbonyl (C=O) groups is 1. The van der Waals surface area contributed by atoms with Crippen LogP contribution in [-0.4, -0.2) is 16.9 Å². The summed E-state index contributed by atoms with van der Waals surface area (Å²) in [6, 6.07) is 10.0. The van der Waals surface area contributed by atoms with Crippen LogP contribution in [0.3, 0.4) is 0 Å². The van der Waals surface area contributed by atoms with Crippen molar-refractivity contribution in [1.82, 2.24) is 0 Å². The lowest BCUT2D eigenvalue weighted by Crippen LogP contribution is -2.22. The monoisotopic (exact) mass is 276 g/mol. The number of nitrogens with one attached hydrogen (secondary N) is 1. The largest absolute Gasteiger partial charge is 0.325 e. The molecule has 0 aliphatic carbocycles. The van der Waals surface area contributed by atoms with Crippen LogP contribution >= 0.6 is 11.8 Å². The molecular weight excluding hydrogens is 256 g/mol. The molecular formula is C15H20N2OS. The minimum atomic E-state index is -0.0930. The maximum atomic E-state index is 11.9. The standard InChI is InChI=1S/C15H20N2OS/c1-3-13-6-8-14(9-7-13)17-15(18)12(2)19-11-5-4-10-16/h6-9,12H,3-5,11H2,1-2H3,(H,17,18). The molecule has 102 valence electrons. The average molecular weight is 276 g/mol. The van der Waals surface area contributed by atoms with Crippen LogP contribution in [0.15, 0.2) is 24.3 Å². The molecule has 0 bridgehead atoms. The molecule has 1 aromatic carbocycles. The Balaban J connectivity index is 2.38. The van der Waals surface area contributed by atoms with E-state index < -0.39 is 0 Å². The van der Waals surface area contributed by atoms with Crippen molar-refractivity contribution in [3.8, 4) is 6.07 Å². The second kappa shape index (κ2) is 8.60. The van der Waals surface area contributed by atoms with Gasteiger partial charge in [-0.25, -0.2) is 0 Å². The molecule has 0 aliphatic rings. The lowest BCUT2D eigenvalue weighted by Gasteiger charge is -2.11. The zero-order chi connectivity index (χ0) is 14.1. The first kappa shape index (κ1) is 15.6. The normalized spacial score (nSPS) is 11.6. The zero-order valence-electron chi connectivity index (χ0n) is 11.5. The van der Waals surface area contributed by atoms with Crippen LogP contribution in [0.1, 0.15) is 32.3 Å². The molecule has 0 aliphatic heterocycles. The number of amides is 1. The van der Waals surface area contributed by atoms with Gasteiger partial charge >= 0.3 is 0 Å². The smallest absolute Gasteiger partial charge is 0.237 e. The van der Waals surface area contributed by atoms with Gasteiger partial charge in [-0.15, -0.1) is 11.8 Å². The van der Waals surface area contributed by atoms with Crippen molar-refractivity contribution in [2.75, 3.05) is 11.1 Å². The number of benzene rings is 1. The predicted molar refractivity (Wildman–Crippen MR) is 81.2 cm³/mol. The van der Waals surface area contributed by atoms with E-state index in [1.165, 1.54) is 5.56 Å². The molecule has 0 aromatic heterocycles. The first-order valence-electron chi connectivity index (χ1n) is 6.55. The molecule has 0 saturated heterocycles. The van der Waals surface area contributed by atoms with Crippen molar-refractivity contribution in [1.29, 1.82) is 5.26 Å². The number of unbranched alkanes of at least 4 members (excludes halogenated alkanes) is 1. The minimum absolute atomic E-state index is 0.0196. The molecule has 4 heteroatoms. The van der Waals surface area contributed by atoms with E-state index in [9.17, 15) is 4.79 Å². The van der Waals surface area contributed by atoms with Crippen molar-refractivity contribution in [2.45, 2.75) is 38.4 Å². The second-order valence-corrected chi connectivity index (χ2v) is 5.76. The molecule has 1 atom stereocenters. The van der Waals surface area contributed by atoms with Gasteiger partial charge in [-0.1, -0.05) is 19.1 Å². The molecule has 0 fully saturated rings.